The van der Waals surface area contributed by atoms with Crippen molar-refractivity contribution >= 4 is 0 Å². The van der Waals surface area contributed by atoms with Gasteiger partial charge < -0.3 is 9.47 Å². The molecule has 1 aromatic carbocycles. The second-order valence-electron chi connectivity index (χ2n) is 4.56. The Labute approximate surface area is 109 Å². The zero-order chi connectivity index (χ0) is 13.5. The van der Waals surface area contributed by atoms with E-state index in [1.54, 1.807) is 7.11 Å². The number of benzene rings is 1. The molecule has 18 heavy (non-hydrogen) atoms. The summed E-state index contributed by atoms with van der Waals surface area (Å²) in [7, 11) is 1.71. The van der Waals surface area contributed by atoms with E-state index in [4.69, 9.17) is 15.3 Å². The van der Waals surface area contributed by atoms with Gasteiger partial charge in [0.05, 0.1) is 18.8 Å². The maximum absolute atomic E-state index is 5.70. The number of methoxy groups -OCH3 is 1. The number of hydrogen-bond acceptors (Lipinski definition) is 4. The fourth-order valence-corrected chi connectivity index (χ4v) is 2.18. The van der Waals surface area contributed by atoms with Crippen LogP contribution in [-0.4, -0.2) is 19.8 Å². The van der Waals surface area contributed by atoms with Crippen molar-refractivity contribution in [1.82, 2.24) is 5.43 Å². The van der Waals surface area contributed by atoms with E-state index in [1.807, 2.05) is 31.2 Å². The molecule has 0 aliphatic carbocycles. The molecule has 102 valence electrons. The van der Waals surface area contributed by atoms with Crippen molar-refractivity contribution < 1.29 is 9.47 Å². The second kappa shape index (κ2) is 7.36. The maximum Gasteiger partial charge on any atom is 0.124 e. The van der Waals surface area contributed by atoms with Gasteiger partial charge in [0, 0.05) is 12.7 Å². The van der Waals surface area contributed by atoms with Crippen LogP contribution in [0.3, 0.4) is 0 Å². The van der Waals surface area contributed by atoms with Crippen LogP contribution in [0.1, 0.15) is 32.4 Å². The molecule has 0 heterocycles. The SMILES string of the molecule is CCOc1ccccc1C(NN)C(OC)C(C)C. The van der Waals surface area contributed by atoms with Crippen LogP contribution >= 0.6 is 0 Å². The number of rotatable bonds is 7. The van der Waals surface area contributed by atoms with Crippen molar-refractivity contribution in [2.24, 2.45) is 11.8 Å². The van der Waals surface area contributed by atoms with Gasteiger partial charge in [0.1, 0.15) is 5.75 Å². The molecule has 1 rings (SSSR count). The molecule has 2 unspecified atom stereocenters. The predicted octanol–water partition coefficient (Wildman–Crippen LogP) is 2.26. The van der Waals surface area contributed by atoms with Gasteiger partial charge in [-0.2, -0.15) is 0 Å². The molecule has 3 N–H and O–H groups in total. The van der Waals surface area contributed by atoms with Crippen molar-refractivity contribution in [1.29, 1.82) is 0 Å². The molecule has 0 aromatic heterocycles. The molecule has 0 aliphatic heterocycles. The highest BCUT2D eigenvalue weighted by molar-refractivity contribution is 5.36. The summed E-state index contributed by atoms with van der Waals surface area (Å²) in [6.45, 7) is 6.83. The maximum atomic E-state index is 5.70. The van der Waals surface area contributed by atoms with Crippen LogP contribution in [-0.2, 0) is 4.74 Å². The van der Waals surface area contributed by atoms with Crippen LogP contribution in [0.15, 0.2) is 24.3 Å². The standard InChI is InChI=1S/C14H24N2O2/c1-5-18-12-9-7-6-8-11(12)13(16-15)14(17-4)10(2)3/h6-10,13-14,16H,5,15H2,1-4H3. The lowest BCUT2D eigenvalue weighted by Gasteiger charge is -2.29. The summed E-state index contributed by atoms with van der Waals surface area (Å²) in [6, 6.07) is 7.83. The molecule has 0 amide bonds. The highest BCUT2D eigenvalue weighted by Gasteiger charge is 2.27. The highest BCUT2D eigenvalue weighted by Crippen LogP contribution is 2.30. The lowest BCUT2D eigenvalue weighted by Crippen LogP contribution is -2.40. The average Bonchev–Trinajstić information content (AvgIpc) is 2.36. The van der Waals surface area contributed by atoms with Gasteiger partial charge >= 0.3 is 0 Å². The number of hydrogen-bond donors (Lipinski definition) is 2. The first kappa shape index (κ1) is 15.0. The van der Waals surface area contributed by atoms with Crippen LogP contribution in [0.4, 0.5) is 0 Å². The molecule has 0 saturated carbocycles. The fourth-order valence-electron chi connectivity index (χ4n) is 2.18. The van der Waals surface area contributed by atoms with Crippen LogP contribution < -0.4 is 16.0 Å². The molecule has 2 atom stereocenters. The monoisotopic (exact) mass is 252 g/mol. The molecule has 0 saturated heterocycles. The van der Waals surface area contributed by atoms with E-state index >= 15 is 0 Å². The third-order valence-corrected chi connectivity index (χ3v) is 2.99. The smallest absolute Gasteiger partial charge is 0.124 e. The zero-order valence-corrected chi connectivity index (χ0v) is 11.6. The van der Waals surface area contributed by atoms with Crippen LogP contribution in [0.25, 0.3) is 0 Å². The van der Waals surface area contributed by atoms with E-state index in [1.165, 1.54) is 0 Å². The van der Waals surface area contributed by atoms with Crippen molar-refractivity contribution in [3.05, 3.63) is 29.8 Å². The third kappa shape index (κ3) is 3.45. The Morgan fingerprint density at radius 1 is 1.28 bits per heavy atom. The molecule has 0 fully saturated rings. The molecule has 4 heteroatoms. The van der Waals surface area contributed by atoms with Gasteiger partial charge in [-0.3, -0.25) is 11.3 Å². The van der Waals surface area contributed by atoms with Crippen molar-refractivity contribution in [2.75, 3.05) is 13.7 Å². The number of hydrazine groups is 1. The number of nitrogens with two attached hydrogens (primary N) is 1. The van der Waals surface area contributed by atoms with Crippen molar-refractivity contribution in [3.63, 3.8) is 0 Å². The van der Waals surface area contributed by atoms with Gasteiger partial charge in [0.15, 0.2) is 0 Å². The first-order valence-corrected chi connectivity index (χ1v) is 6.36. The Bertz CT molecular complexity index is 355. The topological polar surface area (TPSA) is 56.5 Å². The van der Waals surface area contributed by atoms with Crippen LogP contribution in [0, 0.1) is 5.92 Å². The summed E-state index contributed by atoms with van der Waals surface area (Å²) in [6.07, 6.45) is -0.00314. The summed E-state index contributed by atoms with van der Waals surface area (Å²) >= 11 is 0. The first-order chi connectivity index (χ1) is 8.65. The minimum Gasteiger partial charge on any atom is -0.494 e. The third-order valence-electron chi connectivity index (χ3n) is 2.99. The molecule has 0 bridgehead atoms. The van der Waals surface area contributed by atoms with E-state index in [-0.39, 0.29) is 12.1 Å². The van der Waals surface area contributed by atoms with E-state index < -0.39 is 0 Å². The Balaban J connectivity index is 3.07. The van der Waals surface area contributed by atoms with Gasteiger partial charge in [-0.1, -0.05) is 32.0 Å². The van der Waals surface area contributed by atoms with Crippen molar-refractivity contribution in [3.8, 4) is 5.75 Å². The Hall–Kier alpha value is -1.10. The molecule has 0 aliphatic rings. The summed E-state index contributed by atoms with van der Waals surface area (Å²) in [5, 5.41) is 0. The Morgan fingerprint density at radius 3 is 2.44 bits per heavy atom. The average molecular weight is 252 g/mol. The quantitative estimate of drug-likeness (QED) is 0.577. The summed E-state index contributed by atoms with van der Waals surface area (Å²) < 4.78 is 11.2. The minimum absolute atomic E-state index is 0.00314. The van der Waals surface area contributed by atoms with E-state index in [0.29, 0.717) is 12.5 Å². The number of nitrogens with one attached hydrogen (secondary N) is 1. The molecule has 0 spiro atoms. The van der Waals surface area contributed by atoms with E-state index in [9.17, 15) is 0 Å². The van der Waals surface area contributed by atoms with E-state index in [2.05, 4.69) is 19.3 Å². The fraction of sp³-hybridized carbons (Fsp3) is 0.571. The lowest BCUT2D eigenvalue weighted by atomic mass is 9.93. The Morgan fingerprint density at radius 2 is 1.94 bits per heavy atom. The summed E-state index contributed by atoms with van der Waals surface area (Å²) in [5.41, 5.74) is 3.87. The Kier molecular flexibility index (Phi) is 6.12. The van der Waals surface area contributed by atoms with Crippen LogP contribution in [0.2, 0.25) is 0 Å². The second-order valence-corrected chi connectivity index (χ2v) is 4.56. The molecule has 0 radical (unpaired) electrons. The first-order valence-electron chi connectivity index (χ1n) is 6.36. The predicted molar refractivity (Wildman–Crippen MR) is 73.3 cm³/mol. The van der Waals surface area contributed by atoms with Gasteiger partial charge in [-0.25, -0.2) is 0 Å². The normalized spacial score (nSPS) is 14.6. The van der Waals surface area contributed by atoms with Gasteiger partial charge in [0.25, 0.3) is 0 Å². The molecule has 4 nitrogen and oxygen atoms in total. The summed E-state index contributed by atoms with van der Waals surface area (Å²) in [4.78, 5) is 0. The zero-order valence-electron chi connectivity index (χ0n) is 11.6. The lowest BCUT2D eigenvalue weighted by molar-refractivity contribution is 0.0318. The van der Waals surface area contributed by atoms with Gasteiger partial charge in [-0.05, 0) is 18.9 Å². The molecular formula is C14H24N2O2. The number of para-hydroxylation sites is 1. The molecule has 1 aromatic rings. The minimum atomic E-state index is -0.0854. The van der Waals surface area contributed by atoms with Gasteiger partial charge in [0.2, 0.25) is 0 Å². The van der Waals surface area contributed by atoms with Crippen molar-refractivity contribution in [2.45, 2.75) is 32.9 Å². The molecular weight excluding hydrogens is 228 g/mol. The van der Waals surface area contributed by atoms with Gasteiger partial charge in [-0.15, -0.1) is 0 Å². The van der Waals surface area contributed by atoms with Crippen LogP contribution in [0.5, 0.6) is 5.75 Å². The largest absolute Gasteiger partial charge is 0.494 e. The van der Waals surface area contributed by atoms with E-state index in [0.717, 1.165) is 11.3 Å². The number of ether oxygens (including phenoxy) is 2. The summed E-state index contributed by atoms with van der Waals surface area (Å²) in [5.74, 6) is 6.90. The highest BCUT2D eigenvalue weighted by atomic mass is 16.5.